The molecule has 0 saturated carbocycles. The van der Waals surface area contributed by atoms with Crippen molar-refractivity contribution in [3.8, 4) is 0 Å². The summed E-state index contributed by atoms with van der Waals surface area (Å²) in [6.07, 6.45) is 0.881. The Hall–Kier alpha value is -0.850. The van der Waals surface area contributed by atoms with E-state index in [0.717, 1.165) is 16.5 Å². The van der Waals surface area contributed by atoms with Crippen LogP contribution >= 0.6 is 31.9 Å². The summed E-state index contributed by atoms with van der Waals surface area (Å²) >= 11 is 6.67. The van der Waals surface area contributed by atoms with Crippen molar-refractivity contribution in [3.05, 3.63) is 57.0 Å². The number of hydrogen-bond acceptors (Lipinski definition) is 2. The minimum Gasteiger partial charge on any atom is -0.278 e. The van der Waals surface area contributed by atoms with Crippen LogP contribution in [0, 0.1) is 0 Å². The SMILES string of the molecule is CCc1ccc(S(=O)(=O)Nc2ccc(Br)cc2Br)cc1. The molecule has 20 heavy (non-hydrogen) atoms. The Balaban J connectivity index is 2.30. The zero-order chi connectivity index (χ0) is 14.8. The van der Waals surface area contributed by atoms with E-state index in [4.69, 9.17) is 0 Å². The largest absolute Gasteiger partial charge is 0.278 e. The number of rotatable bonds is 4. The van der Waals surface area contributed by atoms with Crippen molar-refractivity contribution >= 4 is 47.6 Å². The van der Waals surface area contributed by atoms with Crippen LogP contribution in [0.3, 0.4) is 0 Å². The van der Waals surface area contributed by atoms with Gasteiger partial charge >= 0.3 is 0 Å². The maximum Gasteiger partial charge on any atom is 0.261 e. The summed E-state index contributed by atoms with van der Waals surface area (Å²) in [7, 11) is -3.57. The lowest BCUT2D eigenvalue weighted by molar-refractivity contribution is 0.601. The fourth-order valence-electron chi connectivity index (χ4n) is 1.68. The molecular weight excluding hydrogens is 406 g/mol. The number of anilines is 1. The first-order valence-corrected chi connectivity index (χ1v) is 9.06. The molecule has 0 spiro atoms. The molecule has 0 saturated heterocycles. The molecule has 1 N–H and O–H groups in total. The normalized spacial score (nSPS) is 11.3. The highest BCUT2D eigenvalue weighted by Crippen LogP contribution is 2.28. The molecule has 0 radical (unpaired) electrons. The standard InChI is InChI=1S/C14H13Br2NO2S/c1-2-10-3-6-12(7-4-10)20(18,19)17-14-8-5-11(15)9-13(14)16/h3-9,17H,2H2,1H3. The summed E-state index contributed by atoms with van der Waals surface area (Å²) in [4.78, 5) is 0.254. The minimum absolute atomic E-state index is 0.254. The van der Waals surface area contributed by atoms with E-state index in [1.54, 1.807) is 30.3 Å². The van der Waals surface area contributed by atoms with Gasteiger partial charge in [0.2, 0.25) is 0 Å². The van der Waals surface area contributed by atoms with E-state index in [1.165, 1.54) is 0 Å². The number of nitrogens with one attached hydrogen (secondary N) is 1. The molecule has 0 aliphatic carbocycles. The highest BCUT2D eigenvalue weighted by Gasteiger charge is 2.15. The lowest BCUT2D eigenvalue weighted by Crippen LogP contribution is -2.13. The molecule has 2 aromatic rings. The number of benzene rings is 2. The van der Waals surface area contributed by atoms with Crippen LogP contribution < -0.4 is 4.72 Å². The fourth-order valence-corrected chi connectivity index (χ4v) is 4.04. The topological polar surface area (TPSA) is 46.2 Å². The van der Waals surface area contributed by atoms with E-state index >= 15 is 0 Å². The molecule has 0 unspecified atom stereocenters. The fraction of sp³-hybridized carbons (Fsp3) is 0.143. The van der Waals surface area contributed by atoms with Gasteiger partial charge in [0.25, 0.3) is 10.0 Å². The van der Waals surface area contributed by atoms with Crippen molar-refractivity contribution in [1.29, 1.82) is 0 Å². The van der Waals surface area contributed by atoms with Crippen LogP contribution in [0.1, 0.15) is 12.5 Å². The van der Waals surface area contributed by atoms with Crippen molar-refractivity contribution in [2.45, 2.75) is 18.2 Å². The van der Waals surface area contributed by atoms with E-state index in [-0.39, 0.29) is 4.90 Å². The summed E-state index contributed by atoms with van der Waals surface area (Å²) in [5.74, 6) is 0. The highest BCUT2D eigenvalue weighted by molar-refractivity contribution is 9.11. The molecule has 0 aromatic heterocycles. The molecule has 0 fully saturated rings. The average molecular weight is 419 g/mol. The molecule has 0 bridgehead atoms. The van der Waals surface area contributed by atoms with Gasteiger partial charge in [0, 0.05) is 8.95 Å². The molecule has 2 rings (SSSR count). The first kappa shape index (κ1) is 15.5. The van der Waals surface area contributed by atoms with Gasteiger partial charge in [0.1, 0.15) is 0 Å². The second-order valence-corrected chi connectivity index (χ2v) is 7.68. The first-order valence-electron chi connectivity index (χ1n) is 5.99. The van der Waals surface area contributed by atoms with Crippen molar-refractivity contribution in [2.24, 2.45) is 0 Å². The lowest BCUT2D eigenvalue weighted by atomic mass is 10.2. The molecule has 0 amide bonds. The predicted octanol–water partition coefficient (Wildman–Crippen LogP) is 4.57. The maximum absolute atomic E-state index is 12.3. The smallest absolute Gasteiger partial charge is 0.261 e. The molecule has 0 atom stereocenters. The zero-order valence-corrected chi connectivity index (χ0v) is 14.7. The summed E-state index contributed by atoms with van der Waals surface area (Å²) in [5, 5.41) is 0. The number of sulfonamides is 1. The Bertz CT molecular complexity index is 712. The van der Waals surface area contributed by atoms with Gasteiger partial charge in [-0.2, -0.15) is 0 Å². The van der Waals surface area contributed by atoms with Gasteiger partial charge in [0.05, 0.1) is 10.6 Å². The van der Waals surface area contributed by atoms with Crippen LogP contribution in [0.2, 0.25) is 0 Å². The first-order chi connectivity index (χ1) is 9.42. The quantitative estimate of drug-likeness (QED) is 0.789. The van der Waals surface area contributed by atoms with Crippen LogP contribution in [-0.4, -0.2) is 8.42 Å². The molecule has 6 heteroatoms. The molecule has 2 aromatic carbocycles. The van der Waals surface area contributed by atoms with E-state index in [1.807, 2.05) is 19.1 Å². The van der Waals surface area contributed by atoms with Crippen molar-refractivity contribution in [2.75, 3.05) is 4.72 Å². The van der Waals surface area contributed by atoms with Gasteiger partial charge in [-0.1, -0.05) is 35.0 Å². The third-order valence-corrected chi connectivity index (χ3v) is 5.35. The third-order valence-electron chi connectivity index (χ3n) is 2.82. The van der Waals surface area contributed by atoms with E-state index in [0.29, 0.717) is 10.2 Å². The van der Waals surface area contributed by atoms with Gasteiger partial charge in [0.15, 0.2) is 0 Å². The number of halogens is 2. The van der Waals surface area contributed by atoms with E-state index in [9.17, 15) is 8.42 Å². The number of hydrogen-bond donors (Lipinski definition) is 1. The second kappa shape index (κ2) is 6.28. The summed E-state index contributed by atoms with van der Waals surface area (Å²) in [6.45, 7) is 2.03. The summed E-state index contributed by atoms with van der Waals surface area (Å²) < 4.78 is 28.7. The lowest BCUT2D eigenvalue weighted by Gasteiger charge is -2.10. The van der Waals surface area contributed by atoms with Crippen LogP contribution in [0.4, 0.5) is 5.69 Å². The van der Waals surface area contributed by atoms with Gasteiger partial charge < -0.3 is 0 Å². The number of aryl methyl sites for hydroxylation is 1. The molecule has 106 valence electrons. The van der Waals surface area contributed by atoms with Gasteiger partial charge in [-0.3, -0.25) is 4.72 Å². The van der Waals surface area contributed by atoms with Crippen molar-refractivity contribution < 1.29 is 8.42 Å². The predicted molar refractivity (Wildman–Crippen MR) is 88.5 cm³/mol. The Labute approximate surface area is 135 Å². The third kappa shape index (κ3) is 3.62. The van der Waals surface area contributed by atoms with Crippen molar-refractivity contribution in [1.82, 2.24) is 0 Å². The average Bonchev–Trinajstić information content (AvgIpc) is 2.42. The second-order valence-electron chi connectivity index (χ2n) is 4.23. The molecular formula is C14H13Br2NO2S. The van der Waals surface area contributed by atoms with Crippen LogP contribution in [-0.2, 0) is 16.4 Å². The maximum atomic E-state index is 12.3. The van der Waals surface area contributed by atoms with E-state index in [2.05, 4.69) is 36.6 Å². The van der Waals surface area contributed by atoms with Gasteiger partial charge in [-0.15, -0.1) is 0 Å². The Morgan fingerprint density at radius 1 is 1.05 bits per heavy atom. The highest BCUT2D eigenvalue weighted by atomic mass is 79.9. The van der Waals surface area contributed by atoms with E-state index < -0.39 is 10.0 Å². The monoisotopic (exact) mass is 417 g/mol. The summed E-state index contributed by atoms with van der Waals surface area (Å²) in [6, 6.07) is 12.2. The molecule has 0 aliphatic rings. The molecule has 0 heterocycles. The Kier molecular flexibility index (Phi) is 4.88. The zero-order valence-electron chi connectivity index (χ0n) is 10.7. The Morgan fingerprint density at radius 2 is 1.70 bits per heavy atom. The van der Waals surface area contributed by atoms with Crippen LogP contribution in [0.15, 0.2) is 56.3 Å². The van der Waals surface area contributed by atoms with Gasteiger partial charge in [-0.25, -0.2) is 8.42 Å². The minimum atomic E-state index is -3.57. The summed E-state index contributed by atoms with van der Waals surface area (Å²) in [5.41, 5.74) is 1.61. The van der Waals surface area contributed by atoms with Gasteiger partial charge in [-0.05, 0) is 58.2 Å². The van der Waals surface area contributed by atoms with Crippen LogP contribution in [0.25, 0.3) is 0 Å². The Morgan fingerprint density at radius 3 is 2.25 bits per heavy atom. The molecule has 3 nitrogen and oxygen atoms in total. The van der Waals surface area contributed by atoms with Crippen LogP contribution in [0.5, 0.6) is 0 Å². The molecule has 0 aliphatic heterocycles. The van der Waals surface area contributed by atoms with Crippen molar-refractivity contribution in [3.63, 3.8) is 0 Å².